The van der Waals surface area contributed by atoms with Gasteiger partial charge in [-0.15, -0.1) is 0 Å². The average molecular weight is 519 g/mol. The molecule has 1 aliphatic heterocycles. The van der Waals surface area contributed by atoms with Crippen molar-refractivity contribution >= 4 is 34.6 Å². The average Bonchev–Trinajstić information content (AvgIpc) is 3.45. The molecule has 184 valence electrons. The van der Waals surface area contributed by atoms with Crippen LogP contribution in [-0.4, -0.2) is 35.0 Å². The van der Waals surface area contributed by atoms with E-state index < -0.39 is 0 Å². The number of nitrogens with one attached hydrogen (secondary N) is 1. The van der Waals surface area contributed by atoms with Crippen molar-refractivity contribution in [3.8, 4) is 11.4 Å². The van der Waals surface area contributed by atoms with Crippen molar-refractivity contribution in [1.29, 1.82) is 0 Å². The van der Waals surface area contributed by atoms with Gasteiger partial charge in [0.2, 0.25) is 0 Å². The summed E-state index contributed by atoms with van der Waals surface area (Å²) in [7, 11) is 1.64. The molecule has 1 N–H and O–H groups in total. The number of thiocarbonyl (C=S) groups is 1. The van der Waals surface area contributed by atoms with Crippen LogP contribution in [0.5, 0.6) is 5.75 Å². The number of para-hydroxylation sites is 1. The minimum Gasteiger partial charge on any atom is -0.490 e. The summed E-state index contributed by atoms with van der Waals surface area (Å²) >= 11 is 12.5. The van der Waals surface area contributed by atoms with Crippen LogP contribution in [0, 0.1) is 6.92 Å². The predicted octanol–water partition coefficient (Wildman–Crippen LogP) is 6.04. The van der Waals surface area contributed by atoms with Crippen LogP contribution in [0.15, 0.2) is 85.1 Å². The molecule has 2 aromatic heterocycles. The van der Waals surface area contributed by atoms with Gasteiger partial charge in [0, 0.05) is 36.1 Å². The van der Waals surface area contributed by atoms with Gasteiger partial charge in [-0.05, 0) is 73.7 Å². The van der Waals surface area contributed by atoms with Crippen LogP contribution in [0.2, 0.25) is 5.02 Å². The van der Waals surface area contributed by atoms with Crippen LogP contribution in [0.25, 0.3) is 5.69 Å². The third kappa shape index (κ3) is 4.69. The number of pyridine rings is 1. The Kier molecular flexibility index (Phi) is 7.23. The normalized spacial score (nSPS) is 17.3. The second kappa shape index (κ2) is 10.7. The molecule has 1 saturated heterocycles. The highest BCUT2D eigenvalue weighted by Gasteiger charge is 2.42. The number of ether oxygens (including phenoxy) is 2. The van der Waals surface area contributed by atoms with Crippen LogP contribution in [-0.2, 0) is 4.74 Å². The Hall–Kier alpha value is -3.39. The molecule has 2 unspecified atom stereocenters. The summed E-state index contributed by atoms with van der Waals surface area (Å²) in [5, 5.41) is 4.65. The minimum absolute atomic E-state index is 0.160. The number of rotatable bonds is 8. The van der Waals surface area contributed by atoms with Crippen LogP contribution in [0.4, 0.5) is 5.69 Å². The van der Waals surface area contributed by atoms with Crippen molar-refractivity contribution in [2.45, 2.75) is 19.0 Å². The maximum absolute atomic E-state index is 6.64. The molecule has 5 rings (SSSR count). The molecule has 1 aliphatic rings. The SMILES string of the molecule is COCCOc1ccc(N2C(=S)NC(c3ccccn3)C2c2ccc(C)n2-c2ccccc2)cc1Cl. The summed E-state index contributed by atoms with van der Waals surface area (Å²) in [4.78, 5) is 6.78. The lowest BCUT2D eigenvalue weighted by molar-refractivity contribution is 0.146. The van der Waals surface area contributed by atoms with Gasteiger partial charge in [-0.2, -0.15) is 0 Å². The van der Waals surface area contributed by atoms with Gasteiger partial charge >= 0.3 is 0 Å². The molecule has 2 atom stereocenters. The second-order valence-corrected chi connectivity index (χ2v) is 9.32. The van der Waals surface area contributed by atoms with E-state index in [4.69, 9.17) is 33.3 Å². The molecule has 0 amide bonds. The Bertz CT molecular complexity index is 1350. The second-order valence-electron chi connectivity index (χ2n) is 8.52. The van der Waals surface area contributed by atoms with E-state index in [9.17, 15) is 0 Å². The van der Waals surface area contributed by atoms with E-state index in [1.54, 1.807) is 7.11 Å². The molecular weight excluding hydrogens is 492 g/mol. The zero-order valence-electron chi connectivity index (χ0n) is 20.1. The van der Waals surface area contributed by atoms with Gasteiger partial charge in [0.15, 0.2) is 5.11 Å². The Labute approximate surface area is 221 Å². The summed E-state index contributed by atoms with van der Waals surface area (Å²) < 4.78 is 13.1. The maximum Gasteiger partial charge on any atom is 0.174 e. The van der Waals surface area contributed by atoms with Crippen molar-refractivity contribution in [3.63, 3.8) is 0 Å². The van der Waals surface area contributed by atoms with Crippen molar-refractivity contribution in [3.05, 3.63) is 107 Å². The molecule has 0 bridgehead atoms. The standard InChI is InChI=1S/C28H27ClN4O2S/c1-19-11-13-24(32(19)20-8-4-3-5-9-20)27-26(23-10-6-7-15-30-23)31-28(36)33(27)21-12-14-25(22(29)18-21)35-17-16-34-2/h3-15,18,26-27H,16-17H2,1-2H3,(H,31,36). The molecule has 0 spiro atoms. The first-order chi connectivity index (χ1) is 17.6. The Morgan fingerprint density at radius 3 is 2.50 bits per heavy atom. The molecule has 0 saturated carbocycles. The third-order valence-corrected chi connectivity index (χ3v) is 6.87. The summed E-state index contributed by atoms with van der Waals surface area (Å²) in [5.74, 6) is 0.608. The first-order valence-corrected chi connectivity index (χ1v) is 12.5. The van der Waals surface area contributed by atoms with Gasteiger partial charge in [0.05, 0.1) is 23.4 Å². The van der Waals surface area contributed by atoms with Crippen molar-refractivity contribution in [2.24, 2.45) is 0 Å². The molecule has 2 aromatic carbocycles. The highest BCUT2D eigenvalue weighted by Crippen LogP contribution is 2.44. The Balaban J connectivity index is 1.61. The molecule has 1 fully saturated rings. The van der Waals surface area contributed by atoms with E-state index in [-0.39, 0.29) is 12.1 Å². The van der Waals surface area contributed by atoms with Crippen LogP contribution in [0.1, 0.15) is 29.2 Å². The predicted molar refractivity (Wildman–Crippen MR) is 147 cm³/mol. The van der Waals surface area contributed by atoms with Crippen molar-refractivity contribution < 1.29 is 9.47 Å². The van der Waals surface area contributed by atoms with Gasteiger partial charge < -0.3 is 24.3 Å². The van der Waals surface area contributed by atoms with Gasteiger partial charge in [0.25, 0.3) is 0 Å². The fourth-order valence-corrected chi connectivity index (χ4v) is 5.22. The number of benzene rings is 2. The molecule has 8 heteroatoms. The number of aryl methyl sites for hydroxylation is 1. The van der Waals surface area contributed by atoms with Gasteiger partial charge in [-0.3, -0.25) is 4.98 Å². The fraction of sp³-hybridized carbons (Fsp3) is 0.214. The van der Waals surface area contributed by atoms with E-state index in [1.165, 1.54) is 0 Å². The number of anilines is 1. The van der Waals surface area contributed by atoms with Crippen molar-refractivity contribution in [1.82, 2.24) is 14.9 Å². The molecular formula is C28H27ClN4O2S. The summed E-state index contributed by atoms with van der Waals surface area (Å²) in [6.07, 6.45) is 1.81. The van der Waals surface area contributed by atoms with Gasteiger partial charge in [0.1, 0.15) is 18.4 Å². The topological polar surface area (TPSA) is 51.6 Å². The van der Waals surface area contributed by atoms with E-state index in [2.05, 4.69) is 51.0 Å². The number of hydrogen-bond acceptors (Lipinski definition) is 4. The smallest absolute Gasteiger partial charge is 0.174 e. The lowest BCUT2D eigenvalue weighted by atomic mass is 10.0. The summed E-state index contributed by atoms with van der Waals surface area (Å²) in [6.45, 7) is 3.02. The van der Waals surface area contributed by atoms with Crippen LogP contribution >= 0.6 is 23.8 Å². The zero-order chi connectivity index (χ0) is 25.1. The van der Waals surface area contributed by atoms with E-state index >= 15 is 0 Å². The molecule has 4 aromatic rings. The maximum atomic E-state index is 6.64. The number of hydrogen-bond donors (Lipinski definition) is 1. The first kappa shape index (κ1) is 24.3. The fourth-order valence-electron chi connectivity index (χ4n) is 4.64. The number of aromatic nitrogens is 2. The lowest BCUT2D eigenvalue weighted by Gasteiger charge is -2.29. The molecule has 0 aliphatic carbocycles. The van der Waals surface area contributed by atoms with Gasteiger partial charge in [-0.1, -0.05) is 35.9 Å². The van der Waals surface area contributed by atoms with Crippen molar-refractivity contribution in [2.75, 3.05) is 25.2 Å². The highest BCUT2D eigenvalue weighted by molar-refractivity contribution is 7.80. The van der Waals surface area contributed by atoms with Crippen LogP contribution < -0.4 is 15.0 Å². The summed E-state index contributed by atoms with van der Waals surface area (Å²) in [6, 6.07) is 26.0. The molecule has 0 radical (unpaired) electrons. The zero-order valence-corrected chi connectivity index (χ0v) is 21.7. The lowest BCUT2D eigenvalue weighted by Crippen LogP contribution is -2.30. The largest absolute Gasteiger partial charge is 0.490 e. The highest BCUT2D eigenvalue weighted by atomic mass is 35.5. The Morgan fingerprint density at radius 1 is 0.972 bits per heavy atom. The number of methoxy groups -OCH3 is 1. The van der Waals surface area contributed by atoms with Crippen LogP contribution in [0.3, 0.4) is 0 Å². The quantitative estimate of drug-likeness (QED) is 0.227. The summed E-state index contributed by atoms with van der Waals surface area (Å²) in [5.41, 5.74) is 5.11. The molecule has 36 heavy (non-hydrogen) atoms. The number of nitrogens with zero attached hydrogens (tertiary/aromatic N) is 3. The van der Waals surface area contributed by atoms with E-state index in [1.807, 2.05) is 60.8 Å². The third-order valence-electron chi connectivity index (χ3n) is 6.26. The van der Waals surface area contributed by atoms with E-state index in [0.717, 1.165) is 28.5 Å². The molecule has 3 heterocycles. The number of halogens is 1. The Morgan fingerprint density at radius 2 is 1.78 bits per heavy atom. The molecule has 6 nitrogen and oxygen atoms in total. The van der Waals surface area contributed by atoms with Gasteiger partial charge in [-0.25, -0.2) is 0 Å². The first-order valence-electron chi connectivity index (χ1n) is 11.7. The van der Waals surface area contributed by atoms with E-state index in [0.29, 0.717) is 29.1 Å². The monoisotopic (exact) mass is 518 g/mol. The minimum atomic E-state index is -0.169.